The van der Waals surface area contributed by atoms with Crippen molar-refractivity contribution >= 4 is 23.6 Å². The van der Waals surface area contributed by atoms with Crippen molar-refractivity contribution < 1.29 is 14.3 Å². The minimum absolute atomic E-state index is 0.00988. The highest BCUT2D eigenvalue weighted by Gasteiger charge is 2.27. The molecular weight excluding hydrogens is 380 g/mol. The normalized spacial score (nSPS) is 21.6. The van der Waals surface area contributed by atoms with Gasteiger partial charge >= 0.3 is 5.97 Å². The SMILES string of the molecule is CCOC(=O)/C=C/c1ccc(NC(=O)CN2CCN(C3CCCN(C)C3)CC2)cc1. The fourth-order valence-corrected chi connectivity index (χ4v) is 4.16. The molecule has 2 fully saturated rings. The van der Waals surface area contributed by atoms with E-state index < -0.39 is 0 Å². The summed E-state index contributed by atoms with van der Waals surface area (Å²) in [5.41, 5.74) is 1.64. The topological polar surface area (TPSA) is 65.1 Å². The number of carbonyl (C=O) groups excluding carboxylic acids is 2. The summed E-state index contributed by atoms with van der Waals surface area (Å²) >= 11 is 0. The van der Waals surface area contributed by atoms with Crippen molar-refractivity contribution in [3.8, 4) is 0 Å². The Hall–Kier alpha value is -2.22. The van der Waals surface area contributed by atoms with E-state index in [0.29, 0.717) is 19.2 Å². The fourth-order valence-electron chi connectivity index (χ4n) is 4.16. The van der Waals surface area contributed by atoms with Gasteiger partial charge in [-0.05, 0) is 57.1 Å². The molecule has 0 spiro atoms. The summed E-state index contributed by atoms with van der Waals surface area (Å²) in [5.74, 6) is -0.346. The molecule has 0 saturated carbocycles. The first-order valence-corrected chi connectivity index (χ1v) is 10.9. The second kappa shape index (κ2) is 11.2. The average molecular weight is 415 g/mol. The molecule has 30 heavy (non-hydrogen) atoms. The van der Waals surface area contributed by atoms with Gasteiger partial charge in [0, 0.05) is 50.5 Å². The summed E-state index contributed by atoms with van der Waals surface area (Å²) in [7, 11) is 2.20. The Balaban J connectivity index is 1.40. The highest BCUT2D eigenvalue weighted by Crippen LogP contribution is 2.17. The Bertz CT molecular complexity index is 726. The number of carbonyl (C=O) groups is 2. The van der Waals surface area contributed by atoms with Crippen LogP contribution in [0.4, 0.5) is 5.69 Å². The molecule has 1 aromatic carbocycles. The first-order chi connectivity index (χ1) is 14.5. The summed E-state index contributed by atoms with van der Waals surface area (Å²) in [4.78, 5) is 31.0. The summed E-state index contributed by atoms with van der Waals surface area (Å²) < 4.78 is 4.87. The number of nitrogens with one attached hydrogen (secondary N) is 1. The number of anilines is 1. The Morgan fingerprint density at radius 3 is 2.53 bits per heavy atom. The predicted molar refractivity (Wildman–Crippen MR) is 119 cm³/mol. The van der Waals surface area contributed by atoms with Crippen LogP contribution in [0, 0.1) is 0 Å². The van der Waals surface area contributed by atoms with Crippen LogP contribution >= 0.6 is 0 Å². The highest BCUT2D eigenvalue weighted by molar-refractivity contribution is 5.92. The molecule has 164 valence electrons. The summed E-state index contributed by atoms with van der Waals surface area (Å²) in [5, 5.41) is 2.97. The maximum Gasteiger partial charge on any atom is 0.330 e. The van der Waals surface area contributed by atoms with Gasteiger partial charge in [0.25, 0.3) is 0 Å². The van der Waals surface area contributed by atoms with Gasteiger partial charge in [-0.3, -0.25) is 14.6 Å². The van der Waals surface area contributed by atoms with E-state index in [1.54, 1.807) is 13.0 Å². The molecule has 0 radical (unpaired) electrons. The lowest BCUT2D eigenvalue weighted by molar-refractivity contribution is -0.137. The molecule has 3 rings (SSSR count). The number of hydrogen-bond acceptors (Lipinski definition) is 6. The van der Waals surface area contributed by atoms with E-state index in [1.165, 1.54) is 25.5 Å². The lowest BCUT2D eigenvalue weighted by atomic mass is 10.0. The Kier molecular flexibility index (Phi) is 8.42. The number of esters is 1. The van der Waals surface area contributed by atoms with E-state index >= 15 is 0 Å². The molecule has 2 heterocycles. The average Bonchev–Trinajstić information content (AvgIpc) is 2.74. The Labute approximate surface area is 179 Å². The Morgan fingerprint density at radius 1 is 1.13 bits per heavy atom. The van der Waals surface area contributed by atoms with Gasteiger partial charge in [-0.2, -0.15) is 0 Å². The fraction of sp³-hybridized carbons (Fsp3) is 0.565. The molecule has 1 N–H and O–H groups in total. The third-order valence-corrected chi connectivity index (χ3v) is 5.78. The maximum atomic E-state index is 12.4. The first kappa shape index (κ1) is 22.5. The molecule has 2 saturated heterocycles. The van der Waals surface area contributed by atoms with Gasteiger partial charge in [0.1, 0.15) is 0 Å². The highest BCUT2D eigenvalue weighted by atomic mass is 16.5. The van der Waals surface area contributed by atoms with Crippen LogP contribution in [0.15, 0.2) is 30.3 Å². The van der Waals surface area contributed by atoms with Crippen LogP contribution < -0.4 is 5.32 Å². The van der Waals surface area contributed by atoms with Gasteiger partial charge in [0.15, 0.2) is 0 Å². The van der Waals surface area contributed by atoms with E-state index in [9.17, 15) is 9.59 Å². The molecule has 7 nitrogen and oxygen atoms in total. The predicted octanol–water partition coefficient (Wildman–Crippen LogP) is 1.91. The molecule has 0 aliphatic carbocycles. The van der Waals surface area contributed by atoms with Crippen LogP contribution in [0.2, 0.25) is 0 Å². The molecule has 2 aliphatic rings. The van der Waals surface area contributed by atoms with Crippen LogP contribution in [-0.4, -0.2) is 92.1 Å². The van der Waals surface area contributed by atoms with E-state index in [0.717, 1.165) is 44.0 Å². The molecule has 0 bridgehead atoms. The Morgan fingerprint density at radius 2 is 1.87 bits per heavy atom. The van der Waals surface area contributed by atoms with E-state index in [1.807, 2.05) is 24.3 Å². The number of ether oxygens (including phenoxy) is 1. The van der Waals surface area contributed by atoms with Crippen LogP contribution in [0.25, 0.3) is 6.08 Å². The van der Waals surface area contributed by atoms with Gasteiger partial charge in [0.05, 0.1) is 13.2 Å². The third-order valence-electron chi connectivity index (χ3n) is 5.78. The molecule has 7 heteroatoms. The summed E-state index contributed by atoms with van der Waals surface area (Å²) in [6.07, 6.45) is 5.67. The first-order valence-electron chi connectivity index (χ1n) is 10.9. The van der Waals surface area contributed by atoms with Crippen molar-refractivity contribution in [3.63, 3.8) is 0 Å². The van der Waals surface area contributed by atoms with Crippen LogP contribution in [0.3, 0.4) is 0 Å². The van der Waals surface area contributed by atoms with Gasteiger partial charge in [-0.1, -0.05) is 12.1 Å². The van der Waals surface area contributed by atoms with Gasteiger partial charge in [-0.15, -0.1) is 0 Å². The smallest absolute Gasteiger partial charge is 0.330 e. The molecule has 1 aromatic rings. The number of rotatable bonds is 7. The second-order valence-corrected chi connectivity index (χ2v) is 8.13. The number of hydrogen-bond donors (Lipinski definition) is 1. The quantitative estimate of drug-likeness (QED) is 0.543. The van der Waals surface area contributed by atoms with E-state index in [2.05, 4.69) is 27.1 Å². The zero-order chi connectivity index (χ0) is 21.3. The van der Waals surface area contributed by atoms with E-state index in [4.69, 9.17) is 4.74 Å². The van der Waals surface area contributed by atoms with Crippen molar-refractivity contribution in [2.75, 3.05) is 64.8 Å². The molecule has 1 atom stereocenters. The minimum Gasteiger partial charge on any atom is -0.463 e. The van der Waals surface area contributed by atoms with Crippen molar-refractivity contribution in [1.82, 2.24) is 14.7 Å². The van der Waals surface area contributed by atoms with Gasteiger partial charge in [0.2, 0.25) is 5.91 Å². The number of amides is 1. The lowest BCUT2D eigenvalue weighted by Crippen LogP contribution is -2.55. The number of nitrogens with zero attached hydrogens (tertiary/aromatic N) is 3. The lowest BCUT2D eigenvalue weighted by Gasteiger charge is -2.42. The maximum absolute atomic E-state index is 12.4. The monoisotopic (exact) mass is 414 g/mol. The number of piperidine rings is 1. The third kappa shape index (κ3) is 6.93. The van der Waals surface area contributed by atoms with Crippen molar-refractivity contribution in [2.45, 2.75) is 25.8 Å². The zero-order valence-corrected chi connectivity index (χ0v) is 18.2. The molecule has 1 unspecified atom stereocenters. The summed E-state index contributed by atoms with van der Waals surface area (Å²) in [6, 6.07) is 8.09. The van der Waals surface area contributed by atoms with Crippen LogP contribution in [-0.2, 0) is 14.3 Å². The number of likely N-dealkylation sites (N-methyl/N-ethyl adjacent to an activating group) is 1. The van der Waals surface area contributed by atoms with Crippen molar-refractivity contribution in [3.05, 3.63) is 35.9 Å². The minimum atomic E-state index is -0.356. The number of piperazine rings is 1. The van der Waals surface area contributed by atoms with Crippen LogP contribution in [0.5, 0.6) is 0 Å². The number of likely N-dealkylation sites (tertiary alicyclic amines) is 1. The van der Waals surface area contributed by atoms with Crippen molar-refractivity contribution in [1.29, 1.82) is 0 Å². The molecule has 0 aromatic heterocycles. The molecule has 2 aliphatic heterocycles. The molecule has 1 amide bonds. The zero-order valence-electron chi connectivity index (χ0n) is 18.2. The largest absolute Gasteiger partial charge is 0.463 e. The molecular formula is C23H34N4O3. The standard InChI is InChI=1S/C23H34N4O3/c1-3-30-23(29)11-8-19-6-9-20(10-7-19)24-22(28)18-26-13-15-27(16-14-26)21-5-4-12-25(2)17-21/h6-11,21H,3-5,12-18H2,1-2H3,(H,24,28)/b11-8+. The van der Waals surface area contributed by atoms with Gasteiger partial charge < -0.3 is 15.0 Å². The van der Waals surface area contributed by atoms with Crippen molar-refractivity contribution in [2.24, 2.45) is 0 Å². The summed E-state index contributed by atoms with van der Waals surface area (Å²) in [6.45, 7) is 8.87. The number of benzene rings is 1. The van der Waals surface area contributed by atoms with Gasteiger partial charge in [-0.25, -0.2) is 4.79 Å². The van der Waals surface area contributed by atoms with Crippen LogP contribution in [0.1, 0.15) is 25.3 Å². The van der Waals surface area contributed by atoms with E-state index in [-0.39, 0.29) is 11.9 Å². The second-order valence-electron chi connectivity index (χ2n) is 8.13.